The highest BCUT2D eigenvalue weighted by Crippen LogP contribution is 2.39. The van der Waals surface area contributed by atoms with Crippen LogP contribution in [-0.4, -0.2) is 46.7 Å². The Hall–Kier alpha value is -4.38. The summed E-state index contributed by atoms with van der Waals surface area (Å²) in [6, 6.07) is 34.8. The predicted molar refractivity (Wildman–Crippen MR) is 188 cm³/mol. The summed E-state index contributed by atoms with van der Waals surface area (Å²) < 4.78 is 13.2. The van der Waals surface area contributed by atoms with Crippen molar-refractivity contribution in [2.45, 2.75) is 76.7 Å². The molecule has 0 radical (unpaired) electrons. The van der Waals surface area contributed by atoms with E-state index in [2.05, 4.69) is 60.6 Å². The number of carbonyl (C=O) groups is 2. The zero-order chi connectivity index (χ0) is 34.6. The van der Waals surface area contributed by atoms with Crippen molar-refractivity contribution in [1.82, 2.24) is 15.7 Å². The molecular weight excluding hydrogens is 618 g/mol. The van der Waals surface area contributed by atoms with Gasteiger partial charge in [-0.3, -0.25) is 19.7 Å². The van der Waals surface area contributed by atoms with E-state index in [0.717, 1.165) is 39.9 Å². The molecular formula is C40H47N3O6. The first-order chi connectivity index (χ1) is 23.8. The Labute approximate surface area is 288 Å². The summed E-state index contributed by atoms with van der Waals surface area (Å²) in [6.07, 6.45) is 1.48. The number of aliphatic hydroxyl groups excluding tert-OH is 1. The Bertz CT molecular complexity index is 1630. The van der Waals surface area contributed by atoms with Crippen LogP contribution in [0.3, 0.4) is 0 Å². The summed E-state index contributed by atoms with van der Waals surface area (Å²) in [6.45, 7) is 3.32. The second-order valence-electron chi connectivity index (χ2n) is 12.7. The molecule has 1 saturated heterocycles. The van der Waals surface area contributed by atoms with Crippen molar-refractivity contribution < 1.29 is 29.4 Å². The third-order valence-electron chi connectivity index (χ3n) is 9.22. The summed E-state index contributed by atoms with van der Waals surface area (Å²) in [7, 11) is 2.13. The molecule has 0 unspecified atom stereocenters. The zero-order valence-electron chi connectivity index (χ0n) is 28.3. The lowest BCUT2D eigenvalue weighted by atomic mass is 9.97. The largest absolute Gasteiger partial charge is 0.392 e. The summed E-state index contributed by atoms with van der Waals surface area (Å²) >= 11 is 0. The van der Waals surface area contributed by atoms with Crippen molar-refractivity contribution in [2.75, 3.05) is 13.6 Å². The van der Waals surface area contributed by atoms with Crippen LogP contribution in [0.25, 0.3) is 11.1 Å². The van der Waals surface area contributed by atoms with Gasteiger partial charge in [0, 0.05) is 44.0 Å². The second kappa shape index (κ2) is 17.9. The molecule has 4 aromatic rings. The average Bonchev–Trinajstić information content (AvgIpc) is 3.15. The molecule has 0 bridgehead atoms. The second-order valence-corrected chi connectivity index (χ2v) is 12.7. The minimum absolute atomic E-state index is 0.00241. The highest BCUT2D eigenvalue weighted by molar-refractivity contribution is 5.77. The van der Waals surface area contributed by atoms with E-state index in [-0.39, 0.29) is 37.2 Å². The first-order valence-electron chi connectivity index (χ1n) is 17.0. The van der Waals surface area contributed by atoms with Crippen molar-refractivity contribution in [3.05, 3.63) is 131 Å². The molecule has 4 aromatic carbocycles. The standard InChI is InChI=1S/C40H47N3O6/c1-28(30-10-4-3-5-11-30)43(2)26-35-24-37(32-18-16-29(27-44)17-19-32)49-40(48-35)33-22-20-31(21-23-33)36-13-7-6-12-34(36)25-41-38(45)14-8-9-15-39(46)42-47/h3-7,10-13,16-23,28,35,37,40,44,47H,8-9,14-15,24-27H2,1-2H3,(H,41,45)(H,42,46)/t28-,35-,37+,40+/m0/s1. The van der Waals surface area contributed by atoms with Crippen molar-refractivity contribution in [1.29, 1.82) is 0 Å². The highest BCUT2D eigenvalue weighted by atomic mass is 16.7. The van der Waals surface area contributed by atoms with Crippen molar-refractivity contribution in [2.24, 2.45) is 0 Å². The first kappa shape index (κ1) is 35.9. The van der Waals surface area contributed by atoms with E-state index in [1.807, 2.05) is 66.7 Å². The van der Waals surface area contributed by atoms with Gasteiger partial charge in [-0.1, -0.05) is 103 Å². The molecule has 0 saturated carbocycles. The van der Waals surface area contributed by atoms with Gasteiger partial charge in [0.1, 0.15) is 0 Å². The SMILES string of the molecule is C[C@@H](c1ccccc1)N(C)C[C@@H]1C[C@H](c2ccc(CO)cc2)O[C@H](c2ccc(-c3ccccc3CNC(=O)CCCCC(=O)NO)cc2)O1. The van der Waals surface area contributed by atoms with Gasteiger partial charge in [0.2, 0.25) is 11.8 Å². The molecule has 0 aromatic heterocycles. The van der Waals surface area contributed by atoms with E-state index >= 15 is 0 Å². The van der Waals surface area contributed by atoms with Gasteiger partial charge in [-0.05, 0) is 60.2 Å². The fraction of sp³-hybridized carbons (Fsp3) is 0.350. The lowest BCUT2D eigenvalue weighted by Gasteiger charge is -2.39. The fourth-order valence-corrected chi connectivity index (χ4v) is 6.18. The van der Waals surface area contributed by atoms with Crippen molar-refractivity contribution >= 4 is 11.8 Å². The Morgan fingerprint density at radius 2 is 1.49 bits per heavy atom. The lowest BCUT2D eigenvalue weighted by molar-refractivity contribution is -0.253. The lowest BCUT2D eigenvalue weighted by Crippen LogP contribution is -2.38. The number of nitrogens with zero attached hydrogens (tertiary/aromatic N) is 1. The van der Waals surface area contributed by atoms with Gasteiger partial charge in [0.25, 0.3) is 0 Å². The Morgan fingerprint density at radius 1 is 0.837 bits per heavy atom. The number of ether oxygens (including phenoxy) is 2. The number of hydroxylamine groups is 1. The summed E-state index contributed by atoms with van der Waals surface area (Å²) in [4.78, 5) is 26.0. The van der Waals surface area contributed by atoms with Gasteiger partial charge in [-0.2, -0.15) is 0 Å². The normalized spacial score (nSPS) is 18.2. The van der Waals surface area contributed by atoms with Crippen LogP contribution in [0, 0.1) is 0 Å². The highest BCUT2D eigenvalue weighted by Gasteiger charge is 2.33. The maximum absolute atomic E-state index is 12.5. The molecule has 0 aliphatic carbocycles. The molecule has 1 heterocycles. The van der Waals surface area contributed by atoms with Gasteiger partial charge in [0.15, 0.2) is 6.29 Å². The maximum Gasteiger partial charge on any atom is 0.243 e. The number of likely N-dealkylation sites (N-methyl/N-ethyl adjacent to an activating group) is 1. The average molecular weight is 666 g/mol. The molecule has 258 valence electrons. The van der Waals surface area contributed by atoms with Crippen LogP contribution < -0.4 is 10.8 Å². The van der Waals surface area contributed by atoms with Crippen LogP contribution in [0.2, 0.25) is 0 Å². The molecule has 1 fully saturated rings. The first-order valence-corrected chi connectivity index (χ1v) is 17.0. The van der Waals surface area contributed by atoms with E-state index in [1.54, 1.807) is 5.48 Å². The van der Waals surface area contributed by atoms with Gasteiger partial charge in [-0.15, -0.1) is 0 Å². The molecule has 2 amide bonds. The minimum atomic E-state index is -0.561. The van der Waals surface area contributed by atoms with Crippen LogP contribution in [0.15, 0.2) is 103 Å². The monoisotopic (exact) mass is 665 g/mol. The minimum Gasteiger partial charge on any atom is -0.392 e. The van der Waals surface area contributed by atoms with E-state index < -0.39 is 12.2 Å². The number of hydrogen-bond acceptors (Lipinski definition) is 7. The number of amides is 2. The maximum atomic E-state index is 12.5. The third-order valence-corrected chi connectivity index (χ3v) is 9.22. The number of nitrogens with one attached hydrogen (secondary N) is 2. The number of hydrogen-bond donors (Lipinski definition) is 4. The number of aliphatic hydroxyl groups is 1. The van der Waals surface area contributed by atoms with Gasteiger partial charge in [-0.25, -0.2) is 5.48 Å². The summed E-state index contributed by atoms with van der Waals surface area (Å²) in [5.41, 5.74) is 8.74. The van der Waals surface area contributed by atoms with Crippen LogP contribution >= 0.6 is 0 Å². The van der Waals surface area contributed by atoms with E-state index in [1.165, 1.54) is 5.56 Å². The molecule has 4 N–H and O–H groups in total. The molecule has 4 atom stereocenters. The van der Waals surface area contributed by atoms with Gasteiger partial charge in [0.05, 0.1) is 18.8 Å². The number of benzene rings is 4. The van der Waals surface area contributed by atoms with E-state index in [9.17, 15) is 14.7 Å². The molecule has 49 heavy (non-hydrogen) atoms. The zero-order valence-corrected chi connectivity index (χ0v) is 28.3. The van der Waals surface area contributed by atoms with Crippen LogP contribution in [0.4, 0.5) is 0 Å². The molecule has 0 spiro atoms. The summed E-state index contributed by atoms with van der Waals surface area (Å²) in [5, 5.41) is 21.2. The Balaban J connectivity index is 1.27. The smallest absolute Gasteiger partial charge is 0.243 e. The van der Waals surface area contributed by atoms with Gasteiger partial charge >= 0.3 is 0 Å². The Morgan fingerprint density at radius 3 is 2.18 bits per heavy atom. The van der Waals surface area contributed by atoms with Crippen LogP contribution in [-0.2, 0) is 32.2 Å². The molecule has 1 aliphatic rings. The van der Waals surface area contributed by atoms with Gasteiger partial charge < -0.3 is 19.9 Å². The molecule has 5 rings (SSSR count). The van der Waals surface area contributed by atoms with Crippen LogP contribution in [0.5, 0.6) is 0 Å². The molecule has 9 nitrogen and oxygen atoms in total. The molecule has 1 aliphatic heterocycles. The van der Waals surface area contributed by atoms with E-state index in [0.29, 0.717) is 32.2 Å². The number of unbranched alkanes of at least 4 members (excludes halogenated alkanes) is 1. The van der Waals surface area contributed by atoms with Crippen LogP contribution in [0.1, 0.15) is 85.3 Å². The third kappa shape index (κ3) is 10.1. The van der Waals surface area contributed by atoms with Crippen molar-refractivity contribution in [3.8, 4) is 11.1 Å². The van der Waals surface area contributed by atoms with E-state index in [4.69, 9.17) is 14.7 Å². The number of rotatable bonds is 15. The summed E-state index contributed by atoms with van der Waals surface area (Å²) in [5.74, 6) is -0.531. The number of carbonyl (C=O) groups excluding carboxylic acids is 2. The predicted octanol–water partition coefficient (Wildman–Crippen LogP) is 6.77. The topological polar surface area (TPSA) is 120 Å². The Kier molecular flexibility index (Phi) is 13.1. The van der Waals surface area contributed by atoms with Crippen molar-refractivity contribution in [3.63, 3.8) is 0 Å². The quantitative estimate of drug-likeness (QED) is 0.0629. The fourth-order valence-electron chi connectivity index (χ4n) is 6.18. The molecule has 9 heteroatoms.